The number of phenols is 1. The summed E-state index contributed by atoms with van der Waals surface area (Å²) in [6, 6.07) is -0.505. The molecular formula is C55H81N9O17. The first-order chi connectivity index (χ1) is 38.2. The maximum Gasteiger partial charge on any atom is 0.329 e. The molecule has 3 unspecified atom stereocenters. The largest absolute Gasteiger partial charge is 0.508 e. The number of fused-ring (bicyclic) bond motifs is 2. The van der Waals surface area contributed by atoms with Crippen molar-refractivity contribution in [2.24, 2.45) is 17.6 Å². The summed E-state index contributed by atoms with van der Waals surface area (Å²) in [6.07, 6.45) is -7.86. The van der Waals surface area contributed by atoms with E-state index in [9.17, 15) is 73.5 Å². The predicted molar refractivity (Wildman–Crippen MR) is 289 cm³/mol. The Morgan fingerprint density at radius 1 is 0.802 bits per heavy atom. The SMILES string of the molecule is CCC[C@H](C)[C@@H]1NC(=O)[C@H](Cc2ccc(OC)cc2)N(C)C(=O)C([C@H](C)O)N2C(=O)[C@H](CC[C@H]2O)NC(=O)C(CC(C)C)NC(=O)C(NC(=O)[C@H](CCC(N)=O)NC(=O)[C@H](CCc2ccc(O)cc2)NC(=O)[C@@H](O)CO)[C@@H](C)OC1=O. The molecule has 2 heterocycles. The highest BCUT2D eigenvalue weighted by molar-refractivity contribution is 5.99. The smallest absolute Gasteiger partial charge is 0.329 e. The Balaban J connectivity index is 1.86. The van der Waals surface area contributed by atoms with Crippen LogP contribution in [0.1, 0.15) is 104 Å². The van der Waals surface area contributed by atoms with E-state index in [4.69, 9.17) is 15.2 Å². The number of nitrogens with two attached hydrogens (primary N) is 1. The van der Waals surface area contributed by atoms with Gasteiger partial charge in [0.05, 0.1) is 19.8 Å². The lowest BCUT2D eigenvalue weighted by Crippen LogP contribution is -2.67. The number of aliphatic hydroxyl groups excluding tert-OH is 4. The van der Waals surface area contributed by atoms with Crippen LogP contribution >= 0.6 is 0 Å². The Morgan fingerprint density at radius 3 is 2.00 bits per heavy atom. The molecule has 13 N–H and O–H groups in total. The maximum atomic E-state index is 14.9. The molecule has 0 aliphatic carbocycles. The van der Waals surface area contributed by atoms with Crippen molar-refractivity contribution in [1.82, 2.24) is 41.7 Å². The van der Waals surface area contributed by atoms with Gasteiger partial charge in [0.1, 0.15) is 72.2 Å². The molecule has 0 spiro atoms. The molecule has 0 radical (unpaired) electrons. The van der Waals surface area contributed by atoms with Crippen LogP contribution in [0.2, 0.25) is 0 Å². The number of hydrogen-bond donors (Lipinski definition) is 12. The Hall–Kier alpha value is -7.42. The number of aryl methyl sites for hydroxylation is 1. The highest BCUT2D eigenvalue weighted by atomic mass is 16.5. The van der Waals surface area contributed by atoms with E-state index in [-0.39, 0.29) is 50.2 Å². The lowest BCUT2D eigenvalue weighted by Gasteiger charge is -2.43. The van der Waals surface area contributed by atoms with Gasteiger partial charge in [0, 0.05) is 19.9 Å². The lowest BCUT2D eigenvalue weighted by atomic mass is 9.95. The number of carbonyl (C=O) groups is 10. The number of benzene rings is 2. The van der Waals surface area contributed by atoms with Crippen LogP contribution < -0.4 is 42.4 Å². The van der Waals surface area contributed by atoms with Crippen molar-refractivity contribution in [2.45, 2.75) is 179 Å². The standard InChI is InChI=1S/C55H81N9O17/c1-9-10-29(4)44-55(79)81-31(6)45(62-48(72)37(21-23-42(56)69)57-47(71)36(58-51(75)41(68)27-65)20-15-32-11-16-34(67)17-12-32)52(76)60-39(25-28(2)3)49(73)59-38-22-24-43(70)64(53(38)77)46(30(5)66)54(78)63(7)40(50(74)61-44)26-33-13-18-35(80-8)19-14-33/h11-14,16-19,28-31,36-41,43-46,65-68,70H,9-10,15,20-27H2,1-8H3,(H2,56,69)(H,57,71)(H,58,75)(H,59,73)(H,60,76)(H,61,74)(H,62,72)/t29-,30-,31+,36-,37-,38-,39?,40-,41-,43+,44-,45?,46?/m0/s1. The number of aromatic hydroxyl groups is 1. The van der Waals surface area contributed by atoms with Crippen molar-refractivity contribution in [3.63, 3.8) is 0 Å². The average molecular weight is 1140 g/mol. The first-order valence-electron chi connectivity index (χ1n) is 27.2. The zero-order valence-corrected chi connectivity index (χ0v) is 47.1. The molecule has 81 heavy (non-hydrogen) atoms. The third kappa shape index (κ3) is 18.8. The fourth-order valence-corrected chi connectivity index (χ4v) is 9.61. The molecule has 26 heteroatoms. The fourth-order valence-electron chi connectivity index (χ4n) is 9.61. The molecule has 448 valence electrons. The van der Waals surface area contributed by atoms with E-state index in [0.29, 0.717) is 29.7 Å². The van der Waals surface area contributed by atoms with E-state index in [2.05, 4.69) is 31.9 Å². The average Bonchev–Trinajstić information content (AvgIpc) is 3.41. The Kier molecular flexibility index (Phi) is 25.3. The van der Waals surface area contributed by atoms with Crippen LogP contribution in [0.25, 0.3) is 0 Å². The monoisotopic (exact) mass is 1140 g/mol. The molecule has 2 bridgehead atoms. The number of esters is 1. The molecule has 0 saturated carbocycles. The van der Waals surface area contributed by atoms with Gasteiger partial charge in [0.15, 0.2) is 6.10 Å². The van der Waals surface area contributed by atoms with Crippen LogP contribution in [-0.4, -0.2) is 188 Å². The van der Waals surface area contributed by atoms with Gasteiger partial charge in [-0.25, -0.2) is 4.79 Å². The van der Waals surface area contributed by atoms with E-state index in [0.717, 1.165) is 9.80 Å². The van der Waals surface area contributed by atoms with Gasteiger partial charge in [-0.05, 0) is 106 Å². The second-order valence-corrected chi connectivity index (χ2v) is 21.2. The number of ether oxygens (including phenoxy) is 2. The summed E-state index contributed by atoms with van der Waals surface area (Å²) in [5, 5.41) is 67.2. The van der Waals surface area contributed by atoms with E-state index in [1.54, 1.807) is 57.2 Å². The second kappa shape index (κ2) is 31.0. The van der Waals surface area contributed by atoms with Crippen molar-refractivity contribution < 1.29 is 83.0 Å². The third-order valence-electron chi connectivity index (χ3n) is 14.3. The van der Waals surface area contributed by atoms with Gasteiger partial charge >= 0.3 is 5.97 Å². The van der Waals surface area contributed by atoms with E-state index in [1.165, 1.54) is 40.1 Å². The molecule has 9 amide bonds. The molecular weight excluding hydrogens is 1060 g/mol. The third-order valence-corrected chi connectivity index (χ3v) is 14.3. The first kappa shape index (κ1) is 66.1. The number of methoxy groups -OCH3 is 1. The van der Waals surface area contributed by atoms with Gasteiger partial charge in [-0.15, -0.1) is 0 Å². The number of carbonyl (C=O) groups excluding carboxylic acids is 10. The molecule has 2 aromatic rings. The number of cyclic esters (lactones) is 1. The zero-order chi connectivity index (χ0) is 60.4. The summed E-state index contributed by atoms with van der Waals surface area (Å²) >= 11 is 0. The van der Waals surface area contributed by atoms with Crippen LogP contribution in [0.5, 0.6) is 11.5 Å². The fraction of sp³-hybridized carbons (Fsp3) is 0.600. The number of aliphatic hydroxyl groups is 4. The molecule has 2 aliphatic rings. The molecule has 2 saturated heterocycles. The Labute approximate surface area is 470 Å². The molecule has 2 fully saturated rings. The normalized spacial score (nSPS) is 24.3. The highest BCUT2D eigenvalue weighted by Gasteiger charge is 2.47. The van der Waals surface area contributed by atoms with Crippen LogP contribution in [0.3, 0.4) is 0 Å². The van der Waals surface area contributed by atoms with Crippen molar-refractivity contribution in [3.05, 3.63) is 59.7 Å². The van der Waals surface area contributed by atoms with Crippen LogP contribution in [0.4, 0.5) is 0 Å². The number of nitrogens with zero attached hydrogens (tertiary/aromatic N) is 2. The number of hydrogen-bond acceptors (Lipinski definition) is 17. The van der Waals surface area contributed by atoms with Crippen molar-refractivity contribution in [1.29, 1.82) is 0 Å². The van der Waals surface area contributed by atoms with Gasteiger partial charge in [-0.3, -0.25) is 43.2 Å². The number of rotatable bonds is 22. The van der Waals surface area contributed by atoms with E-state index >= 15 is 0 Å². The van der Waals surface area contributed by atoms with Gasteiger partial charge in [-0.1, -0.05) is 58.4 Å². The van der Waals surface area contributed by atoms with Gasteiger partial charge < -0.3 is 82.4 Å². The van der Waals surface area contributed by atoms with Crippen molar-refractivity contribution >= 4 is 59.1 Å². The molecule has 0 aromatic heterocycles. The second-order valence-electron chi connectivity index (χ2n) is 21.2. The van der Waals surface area contributed by atoms with E-state index < -0.39 is 157 Å². The molecule has 4 rings (SSSR count). The van der Waals surface area contributed by atoms with Gasteiger partial charge in [0.2, 0.25) is 47.3 Å². The minimum absolute atomic E-state index is 0.0447. The summed E-state index contributed by atoms with van der Waals surface area (Å²) in [6.45, 7) is 8.36. The van der Waals surface area contributed by atoms with Crippen molar-refractivity contribution in [2.75, 3.05) is 20.8 Å². The van der Waals surface area contributed by atoms with Gasteiger partial charge in [-0.2, -0.15) is 0 Å². The van der Waals surface area contributed by atoms with Crippen LogP contribution in [-0.2, 0) is 65.5 Å². The number of piperidine rings is 1. The summed E-state index contributed by atoms with van der Waals surface area (Å²) < 4.78 is 11.3. The molecule has 2 aromatic carbocycles. The van der Waals surface area contributed by atoms with Gasteiger partial charge in [0.25, 0.3) is 5.91 Å². The predicted octanol–water partition coefficient (Wildman–Crippen LogP) is -1.95. The number of phenolic OH excluding ortho intramolecular Hbond substituents is 1. The van der Waals surface area contributed by atoms with E-state index in [1.807, 2.05) is 6.92 Å². The zero-order valence-electron chi connectivity index (χ0n) is 47.1. The Morgan fingerprint density at radius 2 is 1.42 bits per heavy atom. The van der Waals surface area contributed by atoms with Crippen LogP contribution in [0.15, 0.2) is 48.5 Å². The lowest BCUT2D eigenvalue weighted by molar-refractivity contribution is -0.170. The summed E-state index contributed by atoms with van der Waals surface area (Å²) in [5.74, 6) is -10.8. The summed E-state index contributed by atoms with van der Waals surface area (Å²) in [7, 11) is 2.71. The molecule has 13 atom stereocenters. The number of primary amides is 1. The molecule has 26 nitrogen and oxygen atoms in total. The first-order valence-corrected chi connectivity index (χ1v) is 27.2. The molecule has 2 aliphatic heterocycles. The topological polar surface area (TPSA) is 395 Å². The Bertz CT molecular complexity index is 2510. The van der Waals surface area contributed by atoms with Crippen LogP contribution in [0, 0.1) is 11.8 Å². The number of nitrogens with one attached hydrogen (secondary N) is 6. The highest BCUT2D eigenvalue weighted by Crippen LogP contribution is 2.26. The minimum atomic E-state index is -1.95. The summed E-state index contributed by atoms with van der Waals surface area (Å²) in [5.41, 5.74) is 6.60. The quantitative estimate of drug-likeness (QED) is 0.0570. The van der Waals surface area contributed by atoms with Crippen molar-refractivity contribution in [3.8, 4) is 11.5 Å². The summed E-state index contributed by atoms with van der Waals surface area (Å²) in [4.78, 5) is 144. The number of likely N-dealkylation sites (N-methyl/N-ethyl adjacent to an activating group) is 1. The number of amides is 9. The minimum Gasteiger partial charge on any atom is -0.508 e. The maximum absolute atomic E-state index is 14.9.